The molecule has 0 aliphatic carbocycles. The maximum absolute atomic E-state index is 12.4. The van der Waals surface area contributed by atoms with Crippen LogP contribution in [-0.2, 0) is 16.0 Å². The van der Waals surface area contributed by atoms with E-state index in [0.29, 0.717) is 37.6 Å². The summed E-state index contributed by atoms with van der Waals surface area (Å²) in [4.78, 5) is 23.3. The van der Waals surface area contributed by atoms with Gasteiger partial charge in [0.05, 0.1) is 11.4 Å². The summed E-state index contributed by atoms with van der Waals surface area (Å²) in [5, 5.41) is 7.90. The van der Waals surface area contributed by atoms with E-state index in [9.17, 15) is 9.59 Å². The maximum atomic E-state index is 12.4. The summed E-state index contributed by atoms with van der Waals surface area (Å²) in [7, 11) is 0. The third kappa shape index (κ3) is 4.53. The quantitative estimate of drug-likeness (QED) is 0.751. The molecule has 0 unspecified atom stereocenters. The molecule has 2 amide bonds. The van der Waals surface area contributed by atoms with Crippen LogP contribution in [0.2, 0.25) is 15.1 Å². The van der Waals surface area contributed by atoms with Crippen LogP contribution in [0.5, 0.6) is 0 Å². The standard InChI is InChI=1S/C18H14Cl3N3O3/c1-9-13(19)7-14(20)12(17(9)21)6-16(25)22-11-4-2-10(3-5-11)15-8-27-18(26)24-23-15/h2-5,7H,6,8H2,1H3,(H,22,25)(H,24,26). The van der Waals surface area contributed by atoms with Gasteiger partial charge >= 0.3 is 6.09 Å². The maximum Gasteiger partial charge on any atom is 0.428 e. The van der Waals surface area contributed by atoms with E-state index in [2.05, 4.69) is 15.8 Å². The number of halogens is 3. The molecule has 1 heterocycles. The SMILES string of the molecule is Cc1c(Cl)cc(Cl)c(CC(=O)Nc2ccc(C3=NNC(=O)OC3)cc2)c1Cl. The number of nitrogens with one attached hydrogen (secondary N) is 2. The highest BCUT2D eigenvalue weighted by Crippen LogP contribution is 2.33. The number of anilines is 1. The molecule has 0 aromatic heterocycles. The van der Waals surface area contributed by atoms with Gasteiger partial charge in [0, 0.05) is 21.3 Å². The average Bonchev–Trinajstić information content (AvgIpc) is 2.65. The Morgan fingerprint density at radius 2 is 1.93 bits per heavy atom. The van der Waals surface area contributed by atoms with Crippen LogP contribution in [0.3, 0.4) is 0 Å². The minimum absolute atomic E-state index is 0.0179. The van der Waals surface area contributed by atoms with Gasteiger partial charge in [0.1, 0.15) is 12.3 Å². The molecule has 9 heteroatoms. The first-order valence-corrected chi connectivity index (χ1v) is 9.01. The van der Waals surface area contributed by atoms with Crippen LogP contribution in [0.15, 0.2) is 35.4 Å². The Morgan fingerprint density at radius 1 is 1.22 bits per heavy atom. The molecule has 0 radical (unpaired) electrons. The van der Waals surface area contributed by atoms with Crippen LogP contribution < -0.4 is 10.7 Å². The fourth-order valence-electron chi connectivity index (χ4n) is 2.48. The van der Waals surface area contributed by atoms with Gasteiger partial charge in [-0.2, -0.15) is 5.10 Å². The average molecular weight is 427 g/mol. The van der Waals surface area contributed by atoms with Crippen molar-refractivity contribution in [2.45, 2.75) is 13.3 Å². The lowest BCUT2D eigenvalue weighted by molar-refractivity contribution is -0.115. The molecule has 27 heavy (non-hydrogen) atoms. The largest absolute Gasteiger partial charge is 0.442 e. The van der Waals surface area contributed by atoms with Crippen molar-refractivity contribution >= 4 is 58.2 Å². The van der Waals surface area contributed by atoms with Crippen LogP contribution in [-0.4, -0.2) is 24.3 Å². The highest BCUT2D eigenvalue weighted by atomic mass is 35.5. The van der Waals surface area contributed by atoms with E-state index in [1.54, 1.807) is 37.3 Å². The zero-order valence-electron chi connectivity index (χ0n) is 14.1. The lowest BCUT2D eigenvalue weighted by atomic mass is 10.1. The second kappa shape index (κ2) is 8.17. The summed E-state index contributed by atoms with van der Waals surface area (Å²) in [6.07, 6.45) is -0.568. The number of nitrogens with zero attached hydrogens (tertiary/aromatic N) is 1. The van der Waals surface area contributed by atoms with E-state index in [1.165, 1.54) is 0 Å². The number of hydrazone groups is 1. The van der Waals surface area contributed by atoms with Crippen molar-refractivity contribution in [3.63, 3.8) is 0 Å². The van der Waals surface area contributed by atoms with E-state index in [0.717, 1.165) is 5.56 Å². The predicted octanol–water partition coefficient (Wildman–Crippen LogP) is 4.58. The van der Waals surface area contributed by atoms with Gasteiger partial charge in [-0.25, -0.2) is 10.2 Å². The van der Waals surface area contributed by atoms with E-state index < -0.39 is 6.09 Å². The fraction of sp³-hybridized carbons (Fsp3) is 0.167. The Bertz CT molecular complexity index is 943. The molecule has 0 atom stereocenters. The molecule has 1 aliphatic heterocycles. The van der Waals surface area contributed by atoms with Crippen molar-refractivity contribution in [3.05, 3.63) is 62.1 Å². The monoisotopic (exact) mass is 425 g/mol. The Labute approximate surface area is 170 Å². The highest BCUT2D eigenvalue weighted by Gasteiger charge is 2.16. The molecule has 0 fully saturated rings. The van der Waals surface area contributed by atoms with Gasteiger partial charge < -0.3 is 10.1 Å². The molecular weight excluding hydrogens is 413 g/mol. The Morgan fingerprint density at radius 3 is 2.56 bits per heavy atom. The Kier molecular flexibility index (Phi) is 5.89. The number of hydrogen-bond donors (Lipinski definition) is 2. The van der Waals surface area contributed by atoms with Crippen LogP contribution in [0.25, 0.3) is 0 Å². The van der Waals surface area contributed by atoms with Crippen LogP contribution in [0.4, 0.5) is 10.5 Å². The number of ether oxygens (including phenoxy) is 1. The number of carbonyl (C=O) groups excluding carboxylic acids is 2. The van der Waals surface area contributed by atoms with Crippen LogP contribution in [0.1, 0.15) is 16.7 Å². The van der Waals surface area contributed by atoms with E-state index >= 15 is 0 Å². The summed E-state index contributed by atoms with van der Waals surface area (Å²) in [5.74, 6) is -0.265. The molecule has 0 saturated heterocycles. The summed E-state index contributed by atoms with van der Waals surface area (Å²) in [5.41, 5.74) is 5.41. The molecule has 0 saturated carbocycles. The van der Waals surface area contributed by atoms with Crippen molar-refractivity contribution in [1.82, 2.24) is 5.43 Å². The second-order valence-electron chi connectivity index (χ2n) is 5.81. The smallest absolute Gasteiger partial charge is 0.428 e. The number of hydrogen-bond acceptors (Lipinski definition) is 4. The normalized spacial score (nSPS) is 13.5. The van der Waals surface area contributed by atoms with Gasteiger partial charge in [0.15, 0.2) is 0 Å². The molecule has 2 aromatic rings. The molecule has 140 valence electrons. The van der Waals surface area contributed by atoms with Crippen molar-refractivity contribution in [1.29, 1.82) is 0 Å². The number of amides is 2. The van der Waals surface area contributed by atoms with Gasteiger partial charge in [0.2, 0.25) is 5.91 Å². The number of cyclic esters (lactones) is 1. The zero-order chi connectivity index (χ0) is 19.6. The van der Waals surface area contributed by atoms with E-state index in [1.807, 2.05) is 0 Å². The van der Waals surface area contributed by atoms with E-state index in [4.69, 9.17) is 39.5 Å². The lowest BCUT2D eigenvalue weighted by Crippen LogP contribution is -2.30. The Hall–Kier alpha value is -2.28. The molecular formula is C18H14Cl3N3O3. The van der Waals surface area contributed by atoms with E-state index in [-0.39, 0.29) is 18.9 Å². The van der Waals surface area contributed by atoms with Crippen molar-refractivity contribution in [3.8, 4) is 0 Å². The second-order valence-corrected chi connectivity index (χ2v) is 7.00. The molecule has 2 N–H and O–H groups in total. The first-order chi connectivity index (χ1) is 12.8. The summed E-state index contributed by atoms with van der Waals surface area (Å²) >= 11 is 18.5. The molecule has 3 rings (SSSR count). The molecule has 1 aliphatic rings. The lowest BCUT2D eigenvalue weighted by Gasteiger charge is -2.14. The first-order valence-electron chi connectivity index (χ1n) is 7.87. The fourth-order valence-corrected chi connectivity index (χ4v) is 3.37. The molecule has 6 nitrogen and oxygen atoms in total. The summed E-state index contributed by atoms with van der Waals surface area (Å²) < 4.78 is 4.86. The molecule has 0 spiro atoms. The van der Waals surface area contributed by atoms with Gasteiger partial charge in [-0.05, 0) is 36.2 Å². The van der Waals surface area contributed by atoms with Crippen molar-refractivity contribution < 1.29 is 14.3 Å². The third-order valence-electron chi connectivity index (χ3n) is 3.96. The van der Waals surface area contributed by atoms with Gasteiger partial charge in [-0.15, -0.1) is 0 Å². The first kappa shape index (κ1) is 19.5. The van der Waals surface area contributed by atoms with Gasteiger partial charge in [-0.1, -0.05) is 46.9 Å². The van der Waals surface area contributed by atoms with Crippen molar-refractivity contribution in [2.75, 3.05) is 11.9 Å². The number of rotatable bonds is 4. The number of carbonyl (C=O) groups is 2. The number of benzene rings is 2. The van der Waals surface area contributed by atoms with Gasteiger partial charge in [0.25, 0.3) is 0 Å². The predicted molar refractivity (Wildman–Crippen MR) is 106 cm³/mol. The minimum atomic E-state index is -0.586. The van der Waals surface area contributed by atoms with Crippen LogP contribution >= 0.6 is 34.8 Å². The highest BCUT2D eigenvalue weighted by molar-refractivity contribution is 6.40. The van der Waals surface area contributed by atoms with Crippen LogP contribution in [0, 0.1) is 6.92 Å². The third-order valence-corrected chi connectivity index (χ3v) is 5.20. The minimum Gasteiger partial charge on any atom is -0.442 e. The summed E-state index contributed by atoms with van der Waals surface area (Å²) in [6.45, 7) is 1.85. The van der Waals surface area contributed by atoms with Gasteiger partial charge in [-0.3, -0.25) is 4.79 Å². The summed E-state index contributed by atoms with van der Waals surface area (Å²) in [6, 6.07) is 8.56. The molecule has 2 aromatic carbocycles. The van der Waals surface area contributed by atoms with Crippen molar-refractivity contribution in [2.24, 2.45) is 5.10 Å². The zero-order valence-corrected chi connectivity index (χ0v) is 16.4. The molecule has 0 bridgehead atoms. The topological polar surface area (TPSA) is 79.8 Å². The Balaban J connectivity index is 1.68.